The molecule has 0 spiro atoms. The molecular weight excluding hydrogens is 378 g/mol. The first kappa shape index (κ1) is 20.5. The summed E-state index contributed by atoms with van der Waals surface area (Å²) in [7, 11) is 1.17. The summed E-state index contributed by atoms with van der Waals surface area (Å²) in [4.78, 5) is 36.4. The minimum Gasteiger partial charge on any atom is -0.465 e. The van der Waals surface area contributed by atoms with Crippen molar-refractivity contribution in [1.29, 1.82) is 0 Å². The number of nitrogens with one attached hydrogen (secondary N) is 1. The number of hydrogen-bond acceptors (Lipinski definition) is 5. The lowest BCUT2D eigenvalue weighted by atomic mass is 9.95. The summed E-state index contributed by atoms with van der Waals surface area (Å²) in [5.74, 6) is -4.52. The second kappa shape index (κ2) is 8.26. The molecule has 0 saturated carbocycles. The van der Waals surface area contributed by atoms with Crippen molar-refractivity contribution < 1.29 is 27.9 Å². The molecule has 1 unspecified atom stereocenters. The van der Waals surface area contributed by atoms with Gasteiger partial charge in [-0.25, -0.2) is 13.6 Å². The maximum Gasteiger partial charge on any atom is 0.341 e. The molecule has 2 amide bonds. The molecule has 0 saturated heterocycles. The van der Waals surface area contributed by atoms with Crippen molar-refractivity contribution in [2.75, 3.05) is 12.4 Å². The van der Waals surface area contributed by atoms with Crippen molar-refractivity contribution in [2.24, 2.45) is 5.73 Å². The molecule has 1 aromatic carbocycles. The number of anilines is 1. The number of methoxy groups -OCH3 is 1. The van der Waals surface area contributed by atoms with Crippen LogP contribution in [0.5, 0.6) is 0 Å². The number of halogens is 2. The number of carbonyl (C=O) groups is 3. The third-order valence-electron chi connectivity index (χ3n) is 4.01. The average Bonchev–Trinajstić information content (AvgIpc) is 2.90. The van der Waals surface area contributed by atoms with Crippen LogP contribution in [0.4, 0.5) is 13.8 Å². The highest BCUT2D eigenvalue weighted by Crippen LogP contribution is 2.34. The van der Waals surface area contributed by atoms with E-state index >= 15 is 0 Å². The van der Waals surface area contributed by atoms with E-state index in [1.807, 2.05) is 0 Å². The van der Waals surface area contributed by atoms with Gasteiger partial charge in [0.15, 0.2) is 0 Å². The minimum absolute atomic E-state index is 0.0184. The predicted octanol–water partition coefficient (Wildman–Crippen LogP) is 3.35. The fourth-order valence-electron chi connectivity index (χ4n) is 2.73. The highest BCUT2D eigenvalue weighted by molar-refractivity contribution is 7.18. The molecule has 2 rings (SSSR count). The molecule has 27 heavy (non-hydrogen) atoms. The standard InChI is InChI=1S/C18H18F2N2O4S/c1-4-12(9-5-10(19)7-11(20)6-9)16(24)22-17-13(18(25)26-3)8(2)14(27-17)15(21)23/h5-7,12H,4H2,1-3H3,(H2,21,23)(H,22,24). The summed E-state index contributed by atoms with van der Waals surface area (Å²) in [5.41, 5.74) is 5.78. The van der Waals surface area contributed by atoms with Gasteiger partial charge in [-0.1, -0.05) is 6.92 Å². The van der Waals surface area contributed by atoms with E-state index in [0.717, 1.165) is 23.5 Å². The molecule has 1 aromatic heterocycles. The number of thiophene rings is 1. The highest BCUT2D eigenvalue weighted by atomic mass is 32.1. The van der Waals surface area contributed by atoms with Gasteiger partial charge >= 0.3 is 5.97 Å². The Morgan fingerprint density at radius 1 is 1.22 bits per heavy atom. The van der Waals surface area contributed by atoms with Gasteiger partial charge in [-0.05, 0) is 36.6 Å². The second-order valence-electron chi connectivity index (χ2n) is 5.77. The smallest absolute Gasteiger partial charge is 0.341 e. The number of rotatable bonds is 6. The van der Waals surface area contributed by atoms with Crippen LogP contribution in [-0.2, 0) is 9.53 Å². The zero-order valence-corrected chi connectivity index (χ0v) is 15.7. The van der Waals surface area contributed by atoms with Gasteiger partial charge in [0.2, 0.25) is 5.91 Å². The summed E-state index contributed by atoms with van der Waals surface area (Å²) >= 11 is 0.840. The number of nitrogens with two attached hydrogens (primary N) is 1. The number of benzene rings is 1. The summed E-state index contributed by atoms with van der Waals surface area (Å²) in [5, 5.41) is 2.65. The van der Waals surface area contributed by atoms with Crippen molar-refractivity contribution in [3.8, 4) is 0 Å². The van der Waals surface area contributed by atoms with Crippen LogP contribution in [0.2, 0.25) is 0 Å². The molecule has 3 N–H and O–H groups in total. The summed E-state index contributed by atoms with van der Waals surface area (Å²) in [6, 6.07) is 2.87. The molecule has 9 heteroatoms. The normalized spacial score (nSPS) is 11.7. The van der Waals surface area contributed by atoms with Crippen LogP contribution >= 0.6 is 11.3 Å². The lowest BCUT2D eigenvalue weighted by molar-refractivity contribution is -0.117. The SMILES string of the molecule is CCC(C(=O)Nc1sc(C(N)=O)c(C)c1C(=O)OC)c1cc(F)cc(F)c1. The predicted molar refractivity (Wildman–Crippen MR) is 96.9 cm³/mol. The minimum atomic E-state index is -0.861. The van der Waals surface area contributed by atoms with E-state index in [4.69, 9.17) is 10.5 Å². The molecule has 0 aliphatic heterocycles. The number of esters is 1. The van der Waals surface area contributed by atoms with E-state index in [-0.39, 0.29) is 27.4 Å². The van der Waals surface area contributed by atoms with Gasteiger partial charge in [0.25, 0.3) is 5.91 Å². The van der Waals surface area contributed by atoms with Gasteiger partial charge in [0.05, 0.1) is 23.5 Å². The molecule has 1 atom stereocenters. The van der Waals surface area contributed by atoms with Crippen LogP contribution in [0.3, 0.4) is 0 Å². The van der Waals surface area contributed by atoms with Gasteiger partial charge in [-0.3, -0.25) is 9.59 Å². The van der Waals surface area contributed by atoms with Crippen LogP contribution in [0, 0.1) is 18.6 Å². The first-order chi connectivity index (χ1) is 12.7. The van der Waals surface area contributed by atoms with E-state index in [9.17, 15) is 23.2 Å². The molecule has 0 aliphatic rings. The topological polar surface area (TPSA) is 98.5 Å². The third-order valence-corrected chi connectivity index (χ3v) is 5.23. The molecule has 144 valence electrons. The van der Waals surface area contributed by atoms with Crippen molar-refractivity contribution in [3.63, 3.8) is 0 Å². The Morgan fingerprint density at radius 2 is 1.81 bits per heavy atom. The molecular formula is C18H18F2N2O4S. The average molecular weight is 396 g/mol. The molecule has 0 fully saturated rings. The molecule has 0 radical (unpaired) electrons. The fraction of sp³-hybridized carbons (Fsp3) is 0.278. The van der Waals surface area contributed by atoms with Crippen LogP contribution in [0.25, 0.3) is 0 Å². The van der Waals surface area contributed by atoms with Crippen LogP contribution < -0.4 is 11.1 Å². The highest BCUT2D eigenvalue weighted by Gasteiger charge is 2.28. The van der Waals surface area contributed by atoms with Crippen molar-refractivity contribution >= 4 is 34.1 Å². The Morgan fingerprint density at radius 3 is 2.30 bits per heavy atom. The van der Waals surface area contributed by atoms with Gasteiger partial charge in [0, 0.05) is 6.07 Å². The lowest BCUT2D eigenvalue weighted by Crippen LogP contribution is -2.21. The van der Waals surface area contributed by atoms with E-state index in [1.165, 1.54) is 14.0 Å². The van der Waals surface area contributed by atoms with E-state index in [2.05, 4.69) is 5.32 Å². The summed E-state index contributed by atoms with van der Waals surface area (Å²) in [6.07, 6.45) is 0.259. The number of carbonyl (C=O) groups excluding carboxylic acids is 3. The molecule has 6 nitrogen and oxygen atoms in total. The monoisotopic (exact) mass is 396 g/mol. The van der Waals surface area contributed by atoms with Crippen LogP contribution in [-0.4, -0.2) is 24.9 Å². The number of primary amides is 1. The van der Waals surface area contributed by atoms with E-state index in [1.54, 1.807) is 6.92 Å². The number of ether oxygens (including phenoxy) is 1. The Hall–Kier alpha value is -2.81. The first-order valence-electron chi connectivity index (χ1n) is 7.97. The molecule has 2 aromatic rings. The van der Waals surface area contributed by atoms with Gasteiger partial charge < -0.3 is 15.8 Å². The zero-order chi connectivity index (χ0) is 20.3. The van der Waals surface area contributed by atoms with E-state index < -0.39 is 35.3 Å². The van der Waals surface area contributed by atoms with Crippen LogP contribution in [0.15, 0.2) is 18.2 Å². The second-order valence-corrected chi connectivity index (χ2v) is 6.79. The Balaban J connectivity index is 2.42. The largest absolute Gasteiger partial charge is 0.465 e. The van der Waals surface area contributed by atoms with Crippen molar-refractivity contribution in [1.82, 2.24) is 0 Å². The van der Waals surface area contributed by atoms with E-state index in [0.29, 0.717) is 11.6 Å². The number of hydrogen-bond donors (Lipinski definition) is 2. The maximum absolute atomic E-state index is 13.5. The molecule has 0 aliphatic carbocycles. The zero-order valence-electron chi connectivity index (χ0n) is 14.9. The van der Waals surface area contributed by atoms with Gasteiger partial charge in [-0.2, -0.15) is 0 Å². The van der Waals surface area contributed by atoms with Gasteiger partial charge in [-0.15, -0.1) is 11.3 Å². The summed E-state index contributed by atoms with van der Waals surface area (Å²) in [6.45, 7) is 3.19. The maximum atomic E-state index is 13.5. The van der Waals surface area contributed by atoms with Crippen molar-refractivity contribution in [2.45, 2.75) is 26.2 Å². The molecule has 1 heterocycles. The third kappa shape index (κ3) is 4.30. The van der Waals surface area contributed by atoms with Crippen LogP contribution in [0.1, 0.15) is 50.4 Å². The first-order valence-corrected chi connectivity index (χ1v) is 8.79. The molecule has 0 bridgehead atoms. The van der Waals surface area contributed by atoms with Crippen molar-refractivity contribution in [3.05, 3.63) is 51.4 Å². The Labute approximate surface area is 158 Å². The fourth-order valence-corrected chi connectivity index (χ4v) is 3.78. The lowest BCUT2D eigenvalue weighted by Gasteiger charge is -2.15. The Bertz CT molecular complexity index is 891. The quantitative estimate of drug-likeness (QED) is 0.732. The van der Waals surface area contributed by atoms with Gasteiger partial charge in [0.1, 0.15) is 16.6 Å². The Kier molecular flexibility index (Phi) is 6.27. The number of amides is 2. The summed E-state index contributed by atoms with van der Waals surface area (Å²) < 4.78 is 31.7.